The van der Waals surface area contributed by atoms with Crippen molar-refractivity contribution in [1.82, 2.24) is 19.9 Å². The van der Waals surface area contributed by atoms with Crippen LogP contribution in [0.3, 0.4) is 0 Å². The van der Waals surface area contributed by atoms with Gasteiger partial charge in [0.15, 0.2) is 0 Å². The van der Waals surface area contributed by atoms with E-state index in [9.17, 15) is 4.21 Å². The highest BCUT2D eigenvalue weighted by atomic mass is 35.5. The van der Waals surface area contributed by atoms with Gasteiger partial charge in [0.1, 0.15) is 5.82 Å². The molecule has 2 unspecified atom stereocenters. The van der Waals surface area contributed by atoms with Crippen LogP contribution in [0.4, 0.5) is 5.82 Å². The Hall–Kier alpha value is -2.38. The summed E-state index contributed by atoms with van der Waals surface area (Å²) in [6.07, 6.45) is 7.67. The van der Waals surface area contributed by atoms with Crippen molar-refractivity contribution in [3.05, 3.63) is 58.1 Å². The van der Waals surface area contributed by atoms with Crippen LogP contribution in [-0.4, -0.2) is 36.9 Å². The van der Waals surface area contributed by atoms with Crippen LogP contribution < -0.4 is 4.90 Å². The lowest BCUT2D eigenvalue weighted by Crippen LogP contribution is -2.35. The van der Waals surface area contributed by atoms with Crippen molar-refractivity contribution < 1.29 is 4.21 Å². The fraction of sp³-hybridized carbons (Fsp3) is 0.333. The van der Waals surface area contributed by atoms with Gasteiger partial charge in [-0.05, 0) is 38.0 Å². The monoisotopic (exact) mass is 427 g/mol. The molecule has 0 aromatic carbocycles. The quantitative estimate of drug-likeness (QED) is 0.587. The molecule has 1 aliphatic rings. The molecule has 0 bridgehead atoms. The zero-order chi connectivity index (χ0) is 20.7. The molecule has 4 heterocycles. The summed E-state index contributed by atoms with van der Waals surface area (Å²) in [5.74, 6) is 0.840. The average molecular weight is 428 g/mol. The van der Waals surface area contributed by atoms with Crippen molar-refractivity contribution in [3.8, 4) is 11.3 Å². The third-order valence-corrected chi connectivity index (χ3v) is 6.26. The van der Waals surface area contributed by atoms with Gasteiger partial charge in [-0.15, -0.1) is 0 Å². The first-order valence-corrected chi connectivity index (χ1v) is 11.3. The number of rotatable bonds is 3. The summed E-state index contributed by atoms with van der Waals surface area (Å²) < 4.78 is 11.7. The molecule has 150 valence electrons. The summed E-state index contributed by atoms with van der Waals surface area (Å²) in [4.78, 5) is 20.2. The molecule has 0 fully saturated rings. The number of hydrogen-bond acceptors (Lipinski definition) is 6. The molecule has 1 aliphatic heterocycles. The molecule has 0 aliphatic carbocycles. The Morgan fingerprint density at radius 1 is 1.14 bits per heavy atom. The van der Waals surface area contributed by atoms with Crippen LogP contribution in [0.5, 0.6) is 0 Å². The van der Waals surface area contributed by atoms with Crippen molar-refractivity contribution in [2.24, 2.45) is 0 Å². The topological polar surface area (TPSA) is 71.9 Å². The van der Waals surface area contributed by atoms with Crippen molar-refractivity contribution in [1.29, 1.82) is 0 Å². The van der Waals surface area contributed by atoms with Crippen molar-refractivity contribution in [3.63, 3.8) is 0 Å². The lowest BCUT2D eigenvalue weighted by atomic mass is 9.99. The lowest BCUT2D eigenvalue weighted by Gasteiger charge is -2.35. The Morgan fingerprint density at radius 2 is 1.93 bits per heavy atom. The van der Waals surface area contributed by atoms with E-state index in [-0.39, 0.29) is 6.04 Å². The number of nitrogens with zero attached hydrogens (tertiary/aromatic N) is 5. The third-order valence-electron chi connectivity index (χ3n) is 5.25. The summed E-state index contributed by atoms with van der Waals surface area (Å²) >= 11 is 6.48. The normalized spacial score (nSPS) is 17.1. The molecule has 4 rings (SSSR count). The second-order valence-electron chi connectivity index (χ2n) is 7.33. The number of anilines is 1. The molecule has 0 saturated carbocycles. The SMILES string of the molecule is Cc1cnc(-c2cc(N3CCc4nc(S(C)=O)ncc4C3C)ncc2Cl)c(C)c1. The van der Waals surface area contributed by atoms with E-state index in [1.807, 2.05) is 26.1 Å². The minimum atomic E-state index is -1.18. The van der Waals surface area contributed by atoms with E-state index in [2.05, 4.69) is 37.8 Å². The van der Waals surface area contributed by atoms with E-state index >= 15 is 0 Å². The van der Waals surface area contributed by atoms with Crippen LogP contribution in [-0.2, 0) is 17.2 Å². The highest BCUT2D eigenvalue weighted by Crippen LogP contribution is 2.36. The molecule has 0 saturated heterocycles. The maximum Gasteiger partial charge on any atom is 0.218 e. The van der Waals surface area contributed by atoms with Crippen LogP contribution in [0.25, 0.3) is 11.3 Å². The first-order chi connectivity index (χ1) is 13.8. The fourth-order valence-electron chi connectivity index (χ4n) is 3.76. The van der Waals surface area contributed by atoms with Gasteiger partial charge in [0.2, 0.25) is 5.16 Å². The molecule has 6 nitrogen and oxygen atoms in total. The zero-order valence-corrected chi connectivity index (χ0v) is 18.4. The van der Waals surface area contributed by atoms with E-state index in [0.717, 1.165) is 52.4 Å². The summed E-state index contributed by atoms with van der Waals surface area (Å²) in [6, 6.07) is 4.15. The van der Waals surface area contributed by atoms with Gasteiger partial charge >= 0.3 is 0 Å². The van der Waals surface area contributed by atoms with Crippen LogP contribution in [0.15, 0.2) is 35.9 Å². The molecule has 0 radical (unpaired) electrons. The van der Waals surface area contributed by atoms with Crippen LogP contribution in [0.1, 0.15) is 35.3 Å². The Morgan fingerprint density at radius 3 is 2.66 bits per heavy atom. The zero-order valence-electron chi connectivity index (χ0n) is 16.8. The first kappa shape index (κ1) is 19.9. The largest absolute Gasteiger partial charge is 0.349 e. The molecule has 8 heteroatoms. The number of pyridine rings is 2. The molecule has 2 atom stereocenters. The summed E-state index contributed by atoms with van der Waals surface area (Å²) in [7, 11) is -1.18. The Labute approximate surface area is 177 Å². The summed E-state index contributed by atoms with van der Waals surface area (Å²) in [5, 5.41) is 0.967. The molecule has 3 aromatic heterocycles. The summed E-state index contributed by atoms with van der Waals surface area (Å²) in [6.45, 7) is 6.93. The minimum absolute atomic E-state index is 0.0479. The van der Waals surface area contributed by atoms with E-state index in [1.165, 1.54) is 0 Å². The molecule has 3 aromatic rings. The maximum absolute atomic E-state index is 11.7. The van der Waals surface area contributed by atoms with Gasteiger partial charge in [0, 0.05) is 48.9 Å². The van der Waals surface area contributed by atoms with Gasteiger partial charge in [-0.25, -0.2) is 15.0 Å². The van der Waals surface area contributed by atoms with Crippen molar-refractivity contribution in [2.75, 3.05) is 17.7 Å². The van der Waals surface area contributed by atoms with Gasteiger partial charge < -0.3 is 4.90 Å². The molecular formula is C21H22ClN5OS. The van der Waals surface area contributed by atoms with Gasteiger partial charge in [-0.3, -0.25) is 9.19 Å². The standard InChI is InChI=1S/C21H22ClN5OS/c1-12-7-13(2)20(24-9-12)15-8-19(23-11-17(15)22)27-6-5-18-16(14(27)3)10-25-21(26-18)29(4)28/h7-11,14H,5-6H2,1-4H3. The number of aryl methyl sites for hydroxylation is 2. The molecular weight excluding hydrogens is 406 g/mol. The lowest BCUT2D eigenvalue weighted by molar-refractivity contribution is 0.591. The predicted octanol–water partition coefficient (Wildman–Crippen LogP) is 4.06. The molecule has 0 amide bonds. The number of fused-ring (bicyclic) bond motifs is 1. The Bertz CT molecular complexity index is 1120. The molecule has 0 spiro atoms. The molecule has 29 heavy (non-hydrogen) atoms. The van der Waals surface area contributed by atoms with Crippen LogP contribution >= 0.6 is 11.6 Å². The smallest absolute Gasteiger partial charge is 0.218 e. The predicted molar refractivity (Wildman–Crippen MR) is 116 cm³/mol. The number of aromatic nitrogens is 4. The Balaban J connectivity index is 1.71. The van der Waals surface area contributed by atoms with Crippen LogP contribution in [0, 0.1) is 13.8 Å². The van der Waals surface area contributed by atoms with Crippen molar-refractivity contribution >= 4 is 28.2 Å². The van der Waals surface area contributed by atoms with Crippen LogP contribution in [0.2, 0.25) is 5.02 Å². The van der Waals surface area contributed by atoms with Gasteiger partial charge in [-0.1, -0.05) is 17.7 Å². The van der Waals surface area contributed by atoms with Gasteiger partial charge in [-0.2, -0.15) is 0 Å². The fourth-order valence-corrected chi connectivity index (χ4v) is 4.39. The minimum Gasteiger partial charge on any atom is -0.349 e. The summed E-state index contributed by atoms with van der Waals surface area (Å²) in [5.41, 5.74) is 5.93. The first-order valence-electron chi connectivity index (χ1n) is 9.40. The van der Waals surface area contributed by atoms with Gasteiger partial charge in [0.05, 0.1) is 33.3 Å². The van der Waals surface area contributed by atoms with E-state index in [4.69, 9.17) is 11.6 Å². The molecule has 0 N–H and O–H groups in total. The van der Waals surface area contributed by atoms with Crippen molar-refractivity contribution in [2.45, 2.75) is 38.4 Å². The highest BCUT2D eigenvalue weighted by Gasteiger charge is 2.27. The van der Waals surface area contributed by atoms with E-state index in [1.54, 1.807) is 18.6 Å². The van der Waals surface area contributed by atoms with Gasteiger partial charge in [0.25, 0.3) is 0 Å². The van der Waals surface area contributed by atoms with E-state index in [0.29, 0.717) is 10.2 Å². The maximum atomic E-state index is 11.7. The number of hydrogen-bond donors (Lipinski definition) is 0. The second kappa shape index (κ2) is 7.80. The average Bonchev–Trinajstić information content (AvgIpc) is 2.69. The number of halogens is 1. The Kier molecular flexibility index (Phi) is 5.36. The second-order valence-corrected chi connectivity index (χ2v) is 9.01. The highest BCUT2D eigenvalue weighted by molar-refractivity contribution is 7.84. The van der Waals surface area contributed by atoms with E-state index < -0.39 is 10.8 Å². The third kappa shape index (κ3) is 3.76.